The second kappa shape index (κ2) is 6.66. The number of carboxylic acids is 1. The van der Waals surface area contributed by atoms with Gasteiger partial charge in [0.2, 0.25) is 0 Å². The van der Waals surface area contributed by atoms with Crippen molar-refractivity contribution in [1.82, 2.24) is 4.90 Å². The molecule has 0 aliphatic carbocycles. The molecule has 0 atom stereocenters. The Kier molecular flexibility index (Phi) is 6.24. The summed E-state index contributed by atoms with van der Waals surface area (Å²) in [6.07, 6.45) is 2.81. The van der Waals surface area contributed by atoms with Gasteiger partial charge in [0.1, 0.15) is 0 Å². The molecule has 76 valence electrons. The van der Waals surface area contributed by atoms with Gasteiger partial charge in [0.25, 0.3) is 0 Å². The summed E-state index contributed by atoms with van der Waals surface area (Å²) in [4.78, 5) is 12.5. The molecule has 0 aliphatic rings. The molecular formula is C10H19NO2. The van der Waals surface area contributed by atoms with E-state index < -0.39 is 5.97 Å². The molecule has 0 aromatic rings. The fourth-order valence-electron chi connectivity index (χ4n) is 1.16. The predicted octanol–water partition coefficient (Wildman–Crippen LogP) is 1.75. The van der Waals surface area contributed by atoms with E-state index in [0.717, 1.165) is 13.1 Å². The van der Waals surface area contributed by atoms with Crippen LogP contribution in [0, 0.1) is 0 Å². The van der Waals surface area contributed by atoms with Crippen LogP contribution in [-0.2, 0) is 4.79 Å². The number of carboxylic acid groups (broad SMARTS) is 1. The standard InChI is InChI=1S/C10H19NO2/c1-4-7-11(9(2)3)8-5-6-10(12)13/h4,9H,1,5-8H2,2-3H3,(H,12,13). The maximum atomic E-state index is 10.3. The Hall–Kier alpha value is -0.830. The van der Waals surface area contributed by atoms with E-state index in [-0.39, 0.29) is 6.42 Å². The monoisotopic (exact) mass is 185 g/mol. The molecule has 1 N–H and O–H groups in total. The van der Waals surface area contributed by atoms with Gasteiger partial charge < -0.3 is 5.11 Å². The summed E-state index contributed by atoms with van der Waals surface area (Å²) >= 11 is 0. The number of nitrogens with zero attached hydrogens (tertiary/aromatic N) is 1. The molecule has 3 heteroatoms. The van der Waals surface area contributed by atoms with Gasteiger partial charge in [-0.25, -0.2) is 0 Å². The molecule has 0 radical (unpaired) electrons. The second-order valence-electron chi connectivity index (χ2n) is 3.37. The fourth-order valence-corrected chi connectivity index (χ4v) is 1.16. The molecule has 0 saturated heterocycles. The Morgan fingerprint density at radius 2 is 2.23 bits per heavy atom. The van der Waals surface area contributed by atoms with Crippen LogP contribution in [0.15, 0.2) is 12.7 Å². The van der Waals surface area contributed by atoms with E-state index in [1.165, 1.54) is 0 Å². The molecular weight excluding hydrogens is 166 g/mol. The van der Waals surface area contributed by atoms with E-state index in [2.05, 4.69) is 25.3 Å². The number of hydrogen-bond donors (Lipinski definition) is 1. The first kappa shape index (κ1) is 12.2. The van der Waals surface area contributed by atoms with Crippen molar-refractivity contribution in [3.63, 3.8) is 0 Å². The average Bonchev–Trinajstić information content (AvgIpc) is 2.02. The van der Waals surface area contributed by atoms with E-state index in [1.807, 2.05) is 6.08 Å². The third kappa shape index (κ3) is 6.34. The highest BCUT2D eigenvalue weighted by atomic mass is 16.4. The summed E-state index contributed by atoms with van der Waals surface area (Å²) in [7, 11) is 0. The molecule has 0 aromatic heterocycles. The van der Waals surface area contributed by atoms with Gasteiger partial charge in [-0.15, -0.1) is 6.58 Å². The Bertz CT molecular complexity index is 166. The third-order valence-electron chi connectivity index (χ3n) is 1.93. The van der Waals surface area contributed by atoms with Gasteiger partial charge in [-0.05, 0) is 26.8 Å². The highest BCUT2D eigenvalue weighted by Gasteiger charge is 2.07. The van der Waals surface area contributed by atoms with Crippen LogP contribution in [-0.4, -0.2) is 35.1 Å². The first-order chi connectivity index (χ1) is 6.07. The van der Waals surface area contributed by atoms with E-state index >= 15 is 0 Å². The quantitative estimate of drug-likeness (QED) is 0.614. The van der Waals surface area contributed by atoms with Crippen LogP contribution in [0.2, 0.25) is 0 Å². The maximum absolute atomic E-state index is 10.3. The number of aliphatic carboxylic acids is 1. The molecule has 0 rings (SSSR count). The van der Waals surface area contributed by atoms with Gasteiger partial charge in [0, 0.05) is 19.0 Å². The number of carbonyl (C=O) groups is 1. The lowest BCUT2D eigenvalue weighted by molar-refractivity contribution is -0.137. The summed E-state index contributed by atoms with van der Waals surface area (Å²) in [6.45, 7) is 9.53. The zero-order chi connectivity index (χ0) is 10.3. The minimum atomic E-state index is -0.720. The molecule has 0 aliphatic heterocycles. The van der Waals surface area contributed by atoms with Gasteiger partial charge in [0.15, 0.2) is 0 Å². The summed E-state index contributed by atoms with van der Waals surface area (Å²) in [6, 6.07) is 0.451. The van der Waals surface area contributed by atoms with Crippen LogP contribution in [0.4, 0.5) is 0 Å². The number of rotatable bonds is 7. The van der Waals surface area contributed by atoms with Crippen molar-refractivity contribution in [2.24, 2.45) is 0 Å². The summed E-state index contributed by atoms with van der Waals surface area (Å²) < 4.78 is 0. The highest BCUT2D eigenvalue weighted by molar-refractivity contribution is 5.66. The normalized spacial score (nSPS) is 10.8. The summed E-state index contributed by atoms with van der Waals surface area (Å²) in [5, 5.41) is 8.46. The molecule has 0 aromatic carbocycles. The Morgan fingerprint density at radius 1 is 1.62 bits per heavy atom. The maximum Gasteiger partial charge on any atom is 0.303 e. The third-order valence-corrected chi connectivity index (χ3v) is 1.93. The SMILES string of the molecule is C=CCN(CCCC(=O)O)C(C)C. The molecule has 0 amide bonds. The predicted molar refractivity (Wildman–Crippen MR) is 53.8 cm³/mol. The Morgan fingerprint density at radius 3 is 2.62 bits per heavy atom. The Balaban J connectivity index is 3.68. The minimum absolute atomic E-state index is 0.250. The van der Waals surface area contributed by atoms with Crippen LogP contribution < -0.4 is 0 Å². The lowest BCUT2D eigenvalue weighted by Gasteiger charge is -2.24. The largest absolute Gasteiger partial charge is 0.481 e. The summed E-state index contributed by atoms with van der Waals surface area (Å²) in [5.41, 5.74) is 0. The van der Waals surface area contributed by atoms with Crippen molar-refractivity contribution in [3.05, 3.63) is 12.7 Å². The van der Waals surface area contributed by atoms with Gasteiger partial charge in [-0.1, -0.05) is 6.08 Å². The molecule has 3 nitrogen and oxygen atoms in total. The molecule has 0 fully saturated rings. The van der Waals surface area contributed by atoms with Gasteiger partial charge in [0.05, 0.1) is 0 Å². The van der Waals surface area contributed by atoms with Gasteiger partial charge in [-0.3, -0.25) is 9.69 Å². The van der Waals surface area contributed by atoms with E-state index in [9.17, 15) is 4.79 Å². The molecule has 0 saturated carbocycles. The van der Waals surface area contributed by atoms with E-state index in [4.69, 9.17) is 5.11 Å². The van der Waals surface area contributed by atoms with E-state index in [1.54, 1.807) is 0 Å². The average molecular weight is 185 g/mol. The second-order valence-corrected chi connectivity index (χ2v) is 3.37. The van der Waals surface area contributed by atoms with Crippen molar-refractivity contribution in [2.45, 2.75) is 32.7 Å². The lowest BCUT2D eigenvalue weighted by atomic mass is 10.2. The van der Waals surface area contributed by atoms with Crippen molar-refractivity contribution < 1.29 is 9.90 Å². The van der Waals surface area contributed by atoms with Crippen molar-refractivity contribution in [2.75, 3.05) is 13.1 Å². The zero-order valence-corrected chi connectivity index (χ0v) is 8.49. The smallest absolute Gasteiger partial charge is 0.303 e. The van der Waals surface area contributed by atoms with Crippen LogP contribution in [0.5, 0.6) is 0 Å². The lowest BCUT2D eigenvalue weighted by Crippen LogP contribution is -2.32. The first-order valence-corrected chi connectivity index (χ1v) is 4.64. The number of hydrogen-bond acceptors (Lipinski definition) is 2. The van der Waals surface area contributed by atoms with Crippen molar-refractivity contribution >= 4 is 5.97 Å². The molecule has 0 heterocycles. The van der Waals surface area contributed by atoms with Crippen LogP contribution in [0.25, 0.3) is 0 Å². The molecule has 0 unspecified atom stereocenters. The summed E-state index contributed by atoms with van der Waals surface area (Å²) in [5.74, 6) is -0.720. The van der Waals surface area contributed by atoms with Crippen LogP contribution in [0.3, 0.4) is 0 Å². The molecule has 13 heavy (non-hydrogen) atoms. The highest BCUT2D eigenvalue weighted by Crippen LogP contribution is 2.01. The van der Waals surface area contributed by atoms with Crippen molar-refractivity contribution in [3.8, 4) is 0 Å². The fraction of sp³-hybridized carbons (Fsp3) is 0.700. The van der Waals surface area contributed by atoms with E-state index in [0.29, 0.717) is 12.5 Å². The van der Waals surface area contributed by atoms with Gasteiger partial charge >= 0.3 is 5.97 Å². The van der Waals surface area contributed by atoms with Crippen LogP contribution >= 0.6 is 0 Å². The minimum Gasteiger partial charge on any atom is -0.481 e. The van der Waals surface area contributed by atoms with Crippen molar-refractivity contribution in [1.29, 1.82) is 0 Å². The zero-order valence-electron chi connectivity index (χ0n) is 8.49. The molecule has 0 bridgehead atoms. The van der Waals surface area contributed by atoms with Gasteiger partial charge in [-0.2, -0.15) is 0 Å². The molecule has 0 spiro atoms. The first-order valence-electron chi connectivity index (χ1n) is 4.64. The topological polar surface area (TPSA) is 40.5 Å². The Labute approximate surface area is 80.0 Å². The van der Waals surface area contributed by atoms with Crippen LogP contribution in [0.1, 0.15) is 26.7 Å².